The third kappa shape index (κ3) is 4.71. The van der Waals surface area contributed by atoms with Crippen molar-refractivity contribution in [1.82, 2.24) is 4.90 Å². The number of rotatable bonds is 6. The molecule has 1 aromatic rings. The maximum Gasteiger partial charge on any atom is 0.417 e. The summed E-state index contributed by atoms with van der Waals surface area (Å²) in [6, 6.07) is 4.85. The first-order chi connectivity index (χ1) is 9.38. The highest BCUT2D eigenvalue weighted by Gasteiger charge is 2.35. The van der Waals surface area contributed by atoms with Crippen molar-refractivity contribution in [2.24, 2.45) is 0 Å². The SMILES string of the molecule is CN(CCCCCCl)C(=O)c1ccccc1C(F)(F)F. The fourth-order valence-corrected chi connectivity index (χ4v) is 2.03. The highest BCUT2D eigenvalue weighted by molar-refractivity contribution is 6.17. The highest BCUT2D eigenvalue weighted by atomic mass is 35.5. The van der Waals surface area contributed by atoms with Gasteiger partial charge in [0.15, 0.2) is 0 Å². The average Bonchev–Trinajstić information content (AvgIpc) is 2.41. The summed E-state index contributed by atoms with van der Waals surface area (Å²) in [5, 5.41) is 0. The molecule has 112 valence electrons. The minimum Gasteiger partial charge on any atom is -0.342 e. The molecular formula is C14H17ClF3NO. The smallest absolute Gasteiger partial charge is 0.342 e. The number of halogens is 4. The van der Waals surface area contributed by atoms with Crippen molar-refractivity contribution in [3.8, 4) is 0 Å². The van der Waals surface area contributed by atoms with E-state index in [0.29, 0.717) is 12.4 Å². The van der Waals surface area contributed by atoms with Gasteiger partial charge >= 0.3 is 6.18 Å². The van der Waals surface area contributed by atoms with Gasteiger partial charge in [-0.1, -0.05) is 18.6 Å². The van der Waals surface area contributed by atoms with E-state index in [1.807, 2.05) is 0 Å². The van der Waals surface area contributed by atoms with Gasteiger partial charge in [-0.05, 0) is 25.0 Å². The standard InChI is InChI=1S/C14H17ClF3NO/c1-19(10-6-2-5-9-15)13(20)11-7-3-4-8-12(11)14(16,17)18/h3-4,7-8H,2,5-6,9-10H2,1H3. The largest absolute Gasteiger partial charge is 0.417 e. The Balaban J connectivity index is 2.77. The lowest BCUT2D eigenvalue weighted by atomic mass is 10.1. The number of benzene rings is 1. The minimum absolute atomic E-state index is 0.306. The van der Waals surface area contributed by atoms with Crippen molar-refractivity contribution in [2.45, 2.75) is 25.4 Å². The van der Waals surface area contributed by atoms with Crippen LogP contribution in [0.1, 0.15) is 35.2 Å². The van der Waals surface area contributed by atoms with Gasteiger partial charge in [0.25, 0.3) is 5.91 Å². The molecule has 0 aliphatic rings. The van der Waals surface area contributed by atoms with Gasteiger partial charge < -0.3 is 4.90 Å². The van der Waals surface area contributed by atoms with E-state index in [-0.39, 0.29) is 5.56 Å². The van der Waals surface area contributed by atoms with Crippen LogP contribution in [0.25, 0.3) is 0 Å². The van der Waals surface area contributed by atoms with E-state index < -0.39 is 17.6 Å². The molecule has 0 N–H and O–H groups in total. The zero-order chi connectivity index (χ0) is 15.2. The summed E-state index contributed by atoms with van der Waals surface area (Å²) in [5.74, 6) is -0.0574. The van der Waals surface area contributed by atoms with E-state index in [1.54, 1.807) is 0 Å². The molecule has 1 amide bonds. The molecule has 0 heterocycles. The Hall–Kier alpha value is -1.23. The molecule has 0 aliphatic heterocycles. The van der Waals surface area contributed by atoms with Gasteiger partial charge in [0, 0.05) is 19.5 Å². The molecule has 20 heavy (non-hydrogen) atoms. The molecule has 0 saturated heterocycles. The number of nitrogens with zero attached hydrogens (tertiary/aromatic N) is 1. The second-order valence-corrected chi connectivity index (χ2v) is 4.90. The number of alkyl halides is 4. The van der Waals surface area contributed by atoms with Gasteiger partial charge in [0.1, 0.15) is 0 Å². The molecular weight excluding hydrogens is 291 g/mol. The summed E-state index contributed by atoms with van der Waals surface area (Å²) in [6.07, 6.45) is -2.11. The lowest BCUT2D eigenvalue weighted by molar-refractivity contribution is -0.138. The lowest BCUT2D eigenvalue weighted by Gasteiger charge is -2.19. The first kappa shape index (κ1) is 16.8. The van der Waals surface area contributed by atoms with Crippen LogP contribution in [0.3, 0.4) is 0 Å². The highest BCUT2D eigenvalue weighted by Crippen LogP contribution is 2.32. The second-order valence-electron chi connectivity index (χ2n) is 4.52. The Labute approximate surface area is 121 Å². The predicted octanol–water partition coefficient (Wildman–Crippen LogP) is 4.19. The van der Waals surface area contributed by atoms with Crippen LogP contribution in [0.5, 0.6) is 0 Å². The molecule has 6 heteroatoms. The minimum atomic E-state index is -4.52. The number of carbonyl (C=O) groups is 1. The quantitative estimate of drug-likeness (QED) is 0.570. The summed E-state index contributed by atoms with van der Waals surface area (Å²) in [7, 11) is 1.51. The van der Waals surface area contributed by atoms with Crippen LogP contribution in [0.4, 0.5) is 13.2 Å². The van der Waals surface area contributed by atoms with Crippen molar-refractivity contribution < 1.29 is 18.0 Å². The molecule has 2 nitrogen and oxygen atoms in total. The van der Waals surface area contributed by atoms with Crippen LogP contribution in [-0.4, -0.2) is 30.3 Å². The van der Waals surface area contributed by atoms with Crippen LogP contribution >= 0.6 is 11.6 Å². The van der Waals surface area contributed by atoms with E-state index >= 15 is 0 Å². The number of carbonyl (C=O) groups excluding carboxylic acids is 1. The van der Waals surface area contributed by atoms with Crippen LogP contribution in [0, 0.1) is 0 Å². The normalized spacial score (nSPS) is 11.4. The third-order valence-electron chi connectivity index (χ3n) is 2.94. The summed E-state index contributed by atoms with van der Waals surface area (Å²) in [5.41, 5.74) is -1.20. The Morgan fingerprint density at radius 3 is 2.45 bits per heavy atom. The lowest BCUT2D eigenvalue weighted by Crippen LogP contribution is -2.29. The maximum absolute atomic E-state index is 12.8. The van der Waals surface area contributed by atoms with Gasteiger partial charge in [0.2, 0.25) is 0 Å². The van der Waals surface area contributed by atoms with Crippen LogP contribution in [0.2, 0.25) is 0 Å². The molecule has 0 aliphatic carbocycles. The molecule has 0 atom stereocenters. The molecule has 0 aromatic heterocycles. The third-order valence-corrected chi connectivity index (χ3v) is 3.20. The molecule has 0 bridgehead atoms. The molecule has 1 aromatic carbocycles. The number of hydrogen-bond donors (Lipinski definition) is 0. The molecule has 0 fully saturated rings. The van der Waals surface area contributed by atoms with Gasteiger partial charge in [-0.3, -0.25) is 4.79 Å². The van der Waals surface area contributed by atoms with Crippen molar-refractivity contribution in [3.63, 3.8) is 0 Å². The Morgan fingerprint density at radius 2 is 1.85 bits per heavy atom. The molecule has 0 spiro atoms. The first-order valence-electron chi connectivity index (χ1n) is 6.35. The predicted molar refractivity (Wildman–Crippen MR) is 73.0 cm³/mol. The number of hydrogen-bond acceptors (Lipinski definition) is 1. The van der Waals surface area contributed by atoms with E-state index in [2.05, 4.69) is 0 Å². The van der Waals surface area contributed by atoms with E-state index in [1.165, 1.54) is 30.1 Å². The molecule has 0 unspecified atom stereocenters. The molecule has 0 radical (unpaired) electrons. The maximum atomic E-state index is 12.8. The molecule has 1 rings (SSSR count). The van der Waals surface area contributed by atoms with E-state index in [9.17, 15) is 18.0 Å². The fraction of sp³-hybridized carbons (Fsp3) is 0.500. The first-order valence-corrected chi connectivity index (χ1v) is 6.89. The van der Waals surface area contributed by atoms with E-state index in [4.69, 9.17) is 11.6 Å². The van der Waals surface area contributed by atoms with Gasteiger partial charge in [-0.2, -0.15) is 13.2 Å². The van der Waals surface area contributed by atoms with Gasteiger partial charge in [-0.25, -0.2) is 0 Å². The van der Waals surface area contributed by atoms with Crippen molar-refractivity contribution in [2.75, 3.05) is 19.5 Å². The Morgan fingerprint density at radius 1 is 1.20 bits per heavy atom. The van der Waals surface area contributed by atoms with E-state index in [0.717, 1.165) is 25.3 Å². The van der Waals surface area contributed by atoms with Crippen LogP contribution < -0.4 is 0 Å². The summed E-state index contributed by atoms with van der Waals surface area (Å²) < 4.78 is 38.5. The summed E-state index contributed by atoms with van der Waals surface area (Å²) >= 11 is 5.54. The van der Waals surface area contributed by atoms with Gasteiger partial charge in [-0.15, -0.1) is 11.6 Å². The Bertz CT molecular complexity index is 448. The zero-order valence-electron chi connectivity index (χ0n) is 11.2. The topological polar surface area (TPSA) is 20.3 Å². The number of amides is 1. The number of unbranched alkanes of at least 4 members (excludes halogenated alkanes) is 2. The second kappa shape index (κ2) is 7.53. The molecule has 0 saturated carbocycles. The van der Waals surface area contributed by atoms with Crippen molar-refractivity contribution in [1.29, 1.82) is 0 Å². The zero-order valence-corrected chi connectivity index (χ0v) is 12.0. The summed E-state index contributed by atoms with van der Waals surface area (Å²) in [6.45, 7) is 0.419. The van der Waals surface area contributed by atoms with Crippen LogP contribution in [0.15, 0.2) is 24.3 Å². The monoisotopic (exact) mass is 307 g/mol. The summed E-state index contributed by atoms with van der Waals surface area (Å²) in [4.78, 5) is 13.4. The van der Waals surface area contributed by atoms with Crippen molar-refractivity contribution in [3.05, 3.63) is 35.4 Å². The Kier molecular flexibility index (Phi) is 6.33. The average molecular weight is 308 g/mol. The fourth-order valence-electron chi connectivity index (χ4n) is 1.84. The van der Waals surface area contributed by atoms with Crippen molar-refractivity contribution >= 4 is 17.5 Å². The van der Waals surface area contributed by atoms with Gasteiger partial charge in [0.05, 0.1) is 11.1 Å². The van der Waals surface area contributed by atoms with Crippen LogP contribution in [-0.2, 0) is 6.18 Å².